The molecule has 1 saturated carbocycles. The van der Waals surface area contributed by atoms with E-state index in [9.17, 15) is 9.59 Å². The van der Waals surface area contributed by atoms with Crippen LogP contribution in [0.5, 0.6) is 0 Å². The molecule has 0 aromatic heterocycles. The first kappa shape index (κ1) is 15.0. The quantitative estimate of drug-likeness (QED) is 0.906. The Labute approximate surface area is 131 Å². The third-order valence-corrected chi connectivity index (χ3v) is 4.68. The molecule has 0 atom stereocenters. The lowest BCUT2D eigenvalue weighted by Crippen LogP contribution is -2.55. The summed E-state index contributed by atoms with van der Waals surface area (Å²) in [5.41, 5.74) is 7.30. The van der Waals surface area contributed by atoms with E-state index in [4.69, 9.17) is 5.73 Å². The number of benzene rings is 1. The van der Waals surface area contributed by atoms with Crippen molar-refractivity contribution in [2.45, 2.75) is 31.7 Å². The van der Waals surface area contributed by atoms with Gasteiger partial charge in [-0.15, -0.1) is 0 Å². The molecule has 1 saturated heterocycles. The van der Waals surface area contributed by atoms with Gasteiger partial charge in [0.15, 0.2) is 0 Å². The Morgan fingerprint density at radius 2 is 1.59 bits per heavy atom. The summed E-state index contributed by atoms with van der Waals surface area (Å²) in [7, 11) is 0. The van der Waals surface area contributed by atoms with Gasteiger partial charge >= 0.3 is 0 Å². The number of hydrogen-bond acceptors (Lipinski definition) is 3. The second-order valence-electron chi connectivity index (χ2n) is 6.29. The molecule has 0 unspecified atom stereocenters. The van der Waals surface area contributed by atoms with E-state index in [0.29, 0.717) is 26.2 Å². The summed E-state index contributed by atoms with van der Waals surface area (Å²) in [6.45, 7) is 4.41. The van der Waals surface area contributed by atoms with E-state index in [2.05, 4.69) is 6.92 Å². The number of nitrogens with zero attached hydrogens (tertiary/aromatic N) is 2. The Morgan fingerprint density at radius 3 is 2.09 bits per heavy atom. The Kier molecular flexibility index (Phi) is 3.91. The predicted molar refractivity (Wildman–Crippen MR) is 84.5 cm³/mol. The summed E-state index contributed by atoms with van der Waals surface area (Å²) in [5.74, 6) is 0.0931. The number of aryl methyl sites for hydroxylation is 1. The monoisotopic (exact) mass is 301 g/mol. The number of rotatable bonds is 3. The fourth-order valence-corrected chi connectivity index (χ4v) is 2.84. The van der Waals surface area contributed by atoms with Crippen molar-refractivity contribution in [3.8, 4) is 0 Å². The number of carbonyl (C=O) groups excluding carboxylic acids is 2. The van der Waals surface area contributed by atoms with Gasteiger partial charge in [-0.25, -0.2) is 0 Å². The Balaban J connectivity index is 1.58. The van der Waals surface area contributed by atoms with Crippen LogP contribution in [0.3, 0.4) is 0 Å². The third-order valence-electron chi connectivity index (χ3n) is 4.68. The van der Waals surface area contributed by atoms with Crippen LogP contribution in [0.1, 0.15) is 35.7 Å². The highest BCUT2D eigenvalue weighted by molar-refractivity contribution is 5.94. The van der Waals surface area contributed by atoms with E-state index < -0.39 is 5.54 Å². The zero-order valence-corrected chi connectivity index (χ0v) is 13.0. The van der Waals surface area contributed by atoms with Gasteiger partial charge in [-0.05, 0) is 37.0 Å². The second kappa shape index (κ2) is 5.72. The summed E-state index contributed by atoms with van der Waals surface area (Å²) in [5, 5.41) is 0. The van der Waals surface area contributed by atoms with E-state index in [1.54, 1.807) is 4.90 Å². The molecule has 1 aromatic carbocycles. The molecule has 2 amide bonds. The Morgan fingerprint density at radius 1 is 1.05 bits per heavy atom. The van der Waals surface area contributed by atoms with Gasteiger partial charge < -0.3 is 15.5 Å². The van der Waals surface area contributed by atoms with E-state index >= 15 is 0 Å². The first-order valence-corrected chi connectivity index (χ1v) is 8.00. The molecule has 22 heavy (non-hydrogen) atoms. The molecule has 0 spiro atoms. The van der Waals surface area contributed by atoms with Crippen molar-refractivity contribution in [1.29, 1.82) is 0 Å². The van der Waals surface area contributed by atoms with Gasteiger partial charge in [0.2, 0.25) is 5.91 Å². The molecular formula is C17H23N3O2. The van der Waals surface area contributed by atoms with Crippen LogP contribution in [0.2, 0.25) is 0 Å². The van der Waals surface area contributed by atoms with Crippen molar-refractivity contribution in [2.75, 3.05) is 26.2 Å². The molecule has 1 aliphatic carbocycles. The lowest BCUT2D eigenvalue weighted by Gasteiger charge is -2.36. The summed E-state index contributed by atoms with van der Waals surface area (Å²) < 4.78 is 0. The maximum Gasteiger partial charge on any atom is 0.253 e. The molecule has 3 rings (SSSR count). The second-order valence-corrected chi connectivity index (χ2v) is 6.29. The maximum absolute atomic E-state index is 12.5. The first-order chi connectivity index (χ1) is 10.5. The van der Waals surface area contributed by atoms with Crippen molar-refractivity contribution in [3.05, 3.63) is 35.4 Å². The molecule has 2 N–H and O–H groups in total. The van der Waals surface area contributed by atoms with Crippen LogP contribution < -0.4 is 5.73 Å². The Hall–Kier alpha value is -1.88. The van der Waals surface area contributed by atoms with Crippen LogP contribution in [0.15, 0.2) is 24.3 Å². The standard InChI is InChI=1S/C17H23N3O2/c1-2-13-3-5-14(6-4-13)15(21)19-9-11-20(12-10-19)16(22)17(18)7-8-17/h3-6H,2,7-12,18H2,1H3. The highest BCUT2D eigenvalue weighted by Crippen LogP contribution is 2.34. The van der Waals surface area contributed by atoms with Gasteiger partial charge in [-0.1, -0.05) is 19.1 Å². The van der Waals surface area contributed by atoms with Gasteiger partial charge in [-0.3, -0.25) is 9.59 Å². The number of nitrogens with two attached hydrogens (primary N) is 1. The molecule has 5 nitrogen and oxygen atoms in total. The lowest BCUT2D eigenvalue weighted by molar-refractivity contribution is -0.135. The van der Waals surface area contributed by atoms with Gasteiger partial charge in [0.05, 0.1) is 5.54 Å². The minimum Gasteiger partial charge on any atom is -0.338 e. The molecule has 1 aromatic rings. The SMILES string of the molecule is CCc1ccc(C(=O)N2CCN(C(=O)C3(N)CC3)CC2)cc1. The van der Waals surface area contributed by atoms with Crippen molar-refractivity contribution < 1.29 is 9.59 Å². The highest BCUT2D eigenvalue weighted by atomic mass is 16.2. The van der Waals surface area contributed by atoms with Crippen LogP contribution in [0, 0.1) is 0 Å². The molecule has 2 aliphatic rings. The normalized spacial score (nSPS) is 19.9. The van der Waals surface area contributed by atoms with Gasteiger partial charge in [0.1, 0.15) is 0 Å². The van der Waals surface area contributed by atoms with Crippen molar-refractivity contribution in [3.63, 3.8) is 0 Å². The fraction of sp³-hybridized carbons (Fsp3) is 0.529. The maximum atomic E-state index is 12.5. The van der Waals surface area contributed by atoms with E-state index in [0.717, 1.165) is 24.8 Å². The van der Waals surface area contributed by atoms with Crippen LogP contribution in [0.25, 0.3) is 0 Å². The topological polar surface area (TPSA) is 66.6 Å². The average Bonchev–Trinajstić information content (AvgIpc) is 3.32. The zero-order chi connectivity index (χ0) is 15.7. The fourth-order valence-electron chi connectivity index (χ4n) is 2.84. The molecule has 2 fully saturated rings. The minimum atomic E-state index is -0.609. The molecule has 118 valence electrons. The van der Waals surface area contributed by atoms with E-state index in [-0.39, 0.29) is 11.8 Å². The van der Waals surface area contributed by atoms with Crippen LogP contribution in [-0.2, 0) is 11.2 Å². The minimum absolute atomic E-state index is 0.0450. The average molecular weight is 301 g/mol. The largest absolute Gasteiger partial charge is 0.338 e. The summed E-state index contributed by atoms with van der Waals surface area (Å²) in [6, 6.07) is 7.77. The number of carbonyl (C=O) groups is 2. The molecule has 1 heterocycles. The first-order valence-electron chi connectivity index (χ1n) is 8.00. The van der Waals surface area contributed by atoms with E-state index in [1.807, 2.05) is 29.2 Å². The Bertz CT molecular complexity index is 570. The highest BCUT2D eigenvalue weighted by Gasteiger charge is 2.48. The molecule has 0 radical (unpaired) electrons. The van der Waals surface area contributed by atoms with Crippen molar-refractivity contribution in [1.82, 2.24) is 9.80 Å². The van der Waals surface area contributed by atoms with Gasteiger partial charge in [0.25, 0.3) is 5.91 Å². The van der Waals surface area contributed by atoms with Gasteiger partial charge in [0, 0.05) is 31.7 Å². The molecule has 0 bridgehead atoms. The van der Waals surface area contributed by atoms with Crippen LogP contribution in [0.4, 0.5) is 0 Å². The summed E-state index contributed by atoms with van der Waals surface area (Å²) in [4.78, 5) is 28.3. The summed E-state index contributed by atoms with van der Waals surface area (Å²) >= 11 is 0. The van der Waals surface area contributed by atoms with Gasteiger partial charge in [-0.2, -0.15) is 0 Å². The van der Waals surface area contributed by atoms with Crippen LogP contribution in [-0.4, -0.2) is 53.3 Å². The number of piperazine rings is 1. The van der Waals surface area contributed by atoms with Crippen molar-refractivity contribution in [2.24, 2.45) is 5.73 Å². The third kappa shape index (κ3) is 2.86. The smallest absolute Gasteiger partial charge is 0.253 e. The summed E-state index contributed by atoms with van der Waals surface area (Å²) in [6.07, 6.45) is 2.54. The number of amides is 2. The van der Waals surface area contributed by atoms with Crippen LogP contribution >= 0.6 is 0 Å². The predicted octanol–water partition coefficient (Wildman–Crippen LogP) is 1.02. The lowest BCUT2D eigenvalue weighted by atomic mass is 10.1. The molecular weight excluding hydrogens is 278 g/mol. The zero-order valence-electron chi connectivity index (χ0n) is 13.0. The molecule has 5 heteroatoms. The van der Waals surface area contributed by atoms with E-state index in [1.165, 1.54) is 5.56 Å². The molecule has 1 aliphatic heterocycles. The van der Waals surface area contributed by atoms with Crippen molar-refractivity contribution >= 4 is 11.8 Å². The number of hydrogen-bond donors (Lipinski definition) is 1.